The second-order valence-corrected chi connectivity index (χ2v) is 6.95. The summed E-state index contributed by atoms with van der Waals surface area (Å²) in [5.41, 5.74) is 2.73. The first kappa shape index (κ1) is 18.1. The van der Waals surface area contributed by atoms with Crippen molar-refractivity contribution in [3.63, 3.8) is 0 Å². The molecule has 1 amide bonds. The fourth-order valence-corrected chi connectivity index (χ4v) is 2.82. The number of hydrazone groups is 1. The topological polar surface area (TPSA) is 93.8 Å². The van der Waals surface area contributed by atoms with E-state index in [2.05, 4.69) is 26.5 Å². The summed E-state index contributed by atoms with van der Waals surface area (Å²) in [5.74, 6) is 0.0157. The number of hydrogen-bond donors (Lipinski definition) is 1. The van der Waals surface area contributed by atoms with Gasteiger partial charge in [-0.05, 0) is 38.1 Å². The SMILES string of the molecule is CC(C)Oc1ccc(Br)cc1C(=O)N/N=C/c1ccc([N+](=O)[O-])s1. The van der Waals surface area contributed by atoms with E-state index in [4.69, 9.17) is 4.74 Å². The number of benzene rings is 1. The van der Waals surface area contributed by atoms with Gasteiger partial charge in [0.25, 0.3) is 5.91 Å². The lowest BCUT2D eigenvalue weighted by atomic mass is 10.2. The highest BCUT2D eigenvalue weighted by molar-refractivity contribution is 9.10. The molecule has 9 heteroatoms. The van der Waals surface area contributed by atoms with Gasteiger partial charge in [0.1, 0.15) is 5.75 Å². The van der Waals surface area contributed by atoms with Crippen molar-refractivity contribution in [2.75, 3.05) is 0 Å². The monoisotopic (exact) mass is 411 g/mol. The van der Waals surface area contributed by atoms with Crippen LogP contribution in [0.15, 0.2) is 39.9 Å². The number of carbonyl (C=O) groups excluding carboxylic acids is 1. The minimum absolute atomic E-state index is 0.0161. The van der Waals surface area contributed by atoms with Gasteiger partial charge >= 0.3 is 5.00 Å². The summed E-state index contributed by atoms with van der Waals surface area (Å²) in [7, 11) is 0. The van der Waals surface area contributed by atoms with Gasteiger partial charge in [-0.2, -0.15) is 5.10 Å². The van der Waals surface area contributed by atoms with Crippen LogP contribution in [0.2, 0.25) is 0 Å². The Hall–Kier alpha value is -2.26. The standard InChI is InChI=1S/C15H14BrN3O4S/c1-9(2)23-13-5-3-10(16)7-12(13)15(20)18-17-8-11-4-6-14(24-11)19(21)22/h3-9H,1-2H3,(H,18,20)/b17-8+. The van der Waals surface area contributed by atoms with Crippen LogP contribution in [0.25, 0.3) is 0 Å². The normalized spacial score (nSPS) is 11.0. The van der Waals surface area contributed by atoms with E-state index < -0.39 is 10.8 Å². The zero-order valence-corrected chi connectivity index (χ0v) is 15.3. The van der Waals surface area contributed by atoms with Crippen molar-refractivity contribution in [3.05, 3.63) is 55.4 Å². The van der Waals surface area contributed by atoms with Gasteiger partial charge in [0.15, 0.2) is 0 Å². The third kappa shape index (κ3) is 4.87. The lowest BCUT2D eigenvalue weighted by molar-refractivity contribution is -0.380. The molecular formula is C15H14BrN3O4S. The maximum absolute atomic E-state index is 12.3. The Labute approximate surface area is 150 Å². The molecule has 1 aromatic carbocycles. The van der Waals surface area contributed by atoms with Gasteiger partial charge in [-0.3, -0.25) is 14.9 Å². The Kier molecular flexibility index (Phi) is 6.04. The Morgan fingerprint density at radius 2 is 2.17 bits per heavy atom. The number of hydrogen-bond acceptors (Lipinski definition) is 6. The molecule has 0 fully saturated rings. The van der Waals surface area contributed by atoms with Gasteiger partial charge in [-0.15, -0.1) is 0 Å². The van der Waals surface area contributed by atoms with Crippen LogP contribution in [0.4, 0.5) is 5.00 Å². The first-order valence-corrected chi connectivity index (χ1v) is 8.51. The predicted molar refractivity (Wildman–Crippen MR) is 95.9 cm³/mol. The molecule has 0 unspecified atom stereocenters. The quantitative estimate of drug-likeness (QED) is 0.441. The average Bonchev–Trinajstić information content (AvgIpc) is 2.97. The molecule has 0 bridgehead atoms. The van der Waals surface area contributed by atoms with Gasteiger partial charge < -0.3 is 4.74 Å². The molecule has 0 atom stereocenters. The van der Waals surface area contributed by atoms with Crippen molar-refractivity contribution in [2.24, 2.45) is 5.10 Å². The highest BCUT2D eigenvalue weighted by atomic mass is 79.9. The van der Waals surface area contributed by atoms with E-state index in [0.29, 0.717) is 16.2 Å². The van der Waals surface area contributed by atoms with Crippen molar-refractivity contribution in [2.45, 2.75) is 20.0 Å². The van der Waals surface area contributed by atoms with Crippen LogP contribution >= 0.6 is 27.3 Å². The Morgan fingerprint density at radius 1 is 1.42 bits per heavy atom. The van der Waals surface area contributed by atoms with Crippen LogP contribution < -0.4 is 10.2 Å². The second kappa shape index (κ2) is 8.02. The van der Waals surface area contributed by atoms with E-state index in [1.54, 1.807) is 24.3 Å². The molecule has 1 heterocycles. The number of thiophene rings is 1. The number of nitro groups is 1. The molecule has 0 saturated heterocycles. The molecular weight excluding hydrogens is 398 g/mol. The summed E-state index contributed by atoms with van der Waals surface area (Å²) in [4.78, 5) is 23.0. The number of nitrogens with one attached hydrogen (secondary N) is 1. The summed E-state index contributed by atoms with van der Waals surface area (Å²) in [6.07, 6.45) is 1.28. The Bertz CT molecular complexity index is 789. The van der Waals surface area contributed by atoms with E-state index in [9.17, 15) is 14.9 Å². The van der Waals surface area contributed by atoms with Crippen LogP contribution in [0.5, 0.6) is 5.75 Å². The zero-order chi connectivity index (χ0) is 17.7. The van der Waals surface area contributed by atoms with Gasteiger partial charge in [-0.25, -0.2) is 5.43 Å². The summed E-state index contributed by atoms with van der Waals surface area (Å²) in [6.45, 7) is 3.73. The van der Waals surface area contributed by atoms with Crippen LogP contribution in [0.1, 0.15) is 29.1 Å². The van der Waals surface area contributed by atoms with Crippen molar-refractivity contribution in [1.82, 2.24) is 5.43 Å². The largest absolute Gasteiger partial charge is 0.490 e. The maximum Gasteiger partial charge on any atom is 0.324 e. The highest BCUT2D eigenvalue weighted by Gasteiger charge is 2.14. The van der Waals surface area contributed by atoms with Crippen molar-refractivity contribution >= 4 is 44.4 Å². The molecule has 2 aromatic rings. The predicted octanol–water partition coefficient (Wildman–Crippen LogP) is 3.97. The van der Waals surface area contributed by atoms with Crippen molar-refractivity contribution < 1.29 is 14.5 Å². The number of nitrogens with zero attached hydrogens (tertiary/aromatic N) is 2. The summed E-state index contributed by atoms with van der Waals surface area (Å²) >= 11 is 4.29. The van der Waals surface area contributed by atoms with E-state index in [1.807, 2.05) is 13.8 Å². The number of carbonyl (C=O) groups is 1. The summed E-state index contributed by atoms with van der Waals surface area (Å²) < 4.78 is 6.35. The lowest BCUT2D eigenvalue weighted by Gasteiger charge is -2.13. The molecule has 0 saturated carbocycles. The van der Waals surface area contributed by atoms with Crippen LogP contribution in [-0.2, 0) is 0 Å². The van der Waals surface area contributed by atoms with Crippen molar-refractivity contribution in [1.29, 1.82) is 0 Å². The highest BCUT2D eigenvalue weighted by Crippen LogP contribution is 2.24. The smallest absolute Gasteiger partial charge is 0.324 e. The summed E-state index contributed by atoms with van der Waals surface area (Å²) in [6, 6.07) is 8.06. The minimum Gasteiger partial charge on any atom is -0.490 e. The second-order valence-electron chi connectivity index (χ2n) is 4.94. The molecule has 0 radical (unpaired) electrons. The Balaban J connectivity index is 2.10. The molecule has 0 spiro atoms. The van der Waals surface area contributed by atoms with Crippen molar-refractivity contribution in [3.8, 4) is 5.75 Å². The average molecular weight is 412 g/mol. The maximum atomic E-state index is 12.3. The molecule has 24 heavy (non-hydrogen) atoms. The fraction of sp³-hybridized carbons (Fsp3) is 0.200. The molecule has 0 aliphatic carbocycles. The van der Waals surface area contributed by atoms with E-state index >= 15 is 0 Å². The first-order chi connectivity index (χ1) is 11.4. The number of ether oxygens (including phenoxy) is 1. The summed E-state index contributed by atoms with van der Waals surface area (Å²) in [5, 5.41) is 14.5. The van der Waals surface area contributed by atoms with E-state index in [-0.39, 0.29) is 11.1 Å². The molecule has 0 aliphatic heterocycles. The third-order valence-electron chi connectivity index (χ3n) is 2.70. The molecule has 2 rings (SSSR count). The van der Waals surface area contributed by atoms with Gasteiger partial charge in [0, 0.05) is 10.5 Å². The van der Waals surface area contributed by atoms with Crippen LogP contribution in [0.3, 0.4) is 0 Å². The van der Waals surface area contributed by atoms with Crippen LogP contribution in [0, 0.1) is 10.1 Å². The molecule has 1 aromatic heterocycles. The number of amides is 1. The molecule has 0 aliphatic rings. The molecule has 126 valence electrons. The van der Waals surface area contributed by atoms with Crippen LogP contribution in [-0.4, -0.2) is 23.1 Å². The fourth-order valence-electron chi connectivity index (χ4n) is 1.76. The zero-order valence-electron chi connectivity index (χ0n) is 12.9. The van der Waals surface area contributed by atoms with Gasteiger partial charge in [-0.1, -0.05) is 27.3 Å². The third-order valence-corrected chi connectivity index (χ3v) is 4.16. The number of halogens is 1. The van der Waals surface area contributed by atoms with E-state index in [1.165, 1.54) is 12.3 Å². The molecule has 1 N–H and O–H groups in total. The van der Waals surface area contributed by atoms with Gasteiger partial charge in [0.05, 0.1) is 27.7 Å². The first-order valence-electron chi connectivity index (χ1n) is 6.90. The van der Waals surface area contributed by atoms with E-state index in [0.717, 1.165) is 15.8 Å². The molecule has 7 nitrogen and oxygen atoms in total. The minimum atomic E-state index is -0.475. The number of rotatable bonds is 6. The van der Waals surface area contributed by atoms with Gasteiger partial charge in [0.2, 0.25) is 0 Å². The lowest BCUT2D eigenvalue weighted by Crippen LogP contribution is -2.19. The Morgan fingerprint density at radius 3 is 2.79 bits per heavy atom.